The first kappa shape index (κ1) is 19.5. The lowest BCUT2D eigenvalue weighted by molar-refractivity contribution is 0.0930. The van der Waals surface area contributed by atoms with Gasteiger partial charge in [0.15, 0.2) is 0 Å². The van der Waals surface area contributed by atoms with Crippen molar-refractivity contribution in [1.29, 1.82) is 5.26 Å². The number of hydrogen-bond donors (Lipinski definition) is 4. The van der Waals surface area contributed by atoms with E-state index in [1.165, 1.54) is 5.56 Å². The molecular weight excluding hydrogens is 352 g/mol. The minimum Gasteiger partial charge on any atom is -0.359 e. The lowest BCUT2D eigenvalue weighted by Crippen LogP contribution is -2.49. The first-order chi connectivity index (χ1) is 13.7. The Bertz CT molecular complexity index is 830. The first-order valence-electron chi connectivity index (χ1n) is 9.55. The molecule has 0 unspecified atom stereocenters. The molecule has 1 aromatic heterocycles. The SMILES string of the molecule is CN/C(=N\C#N)N[C@H]1CC[C@](CNC(=O)c2ccc[nH]2)(c2ccccc2)CC1. The molecule has 146 valence electrons. The fraction of sp³-hybridized carbons (Fsp3) is 0.381. The van der Waals surface area contributed by atoms with E-state index in [0.717, 1.165) is 25.7 Å². The van der Waals surface area contributed by atoms with Crippen LogP contribution in [0.5, 0.6) is 0 Å². The van der Waals surface area contributed by atoms with Crippen LogP contribution < -0.4 is 16.0 Å². The molecule has 0 bridgehead atoms. The molecule has 1 aromatic carbocycles. The van der Waals surface area contributed by atoms with Gasteiger partial charge in [-0.3, -0.25) is 4.79 Å². The number of guanidine groups is 1. The monoisotopic (exact) mass is 378 g/mol. The quantitative estimate of drug-likeness (QED) is 0.364. The number of benzene rings is 1. The number of H-pyrrole nitrogens is 1. The van der Waals surface area contributed by atoms with E-state index < -0.39 is 0 Å². The van der Waals surface area contributed by atoms with E-state index in [9.17, 15) is 4.79 Å². The summed E-state index contributed by atoms with van der Waals surface area (Å²) in [7, 11) is 1.75. The van der Waals surface area contributed by atoms with Gasteiger partial charge in [-0.15, -0.1) is 4.99 Å². The number of rotatable bonds is 5. The van der Waals surface area contributed by atoms with Crippen molar-refractivity contribution in [2.75, 3.05) is 13.6 Å². The van der Waals surface area contributed by atoms with Gasteiger partial charge in [-0.2, -0.15) is 5.26 Å². The predicted molar refractivity (Wildman–Crippen MR) is 109 cm³/mol. The van der Waals surface area contributed by atoms with Crippen LogP contribution in [0.15, 0.2) is 53.7 Å². The zero-order valence-corrected chi connectivity index (χ0v) is 16.0. The summed E-state index contributed by atoms with van der Waals surface area (Å²) in [4.78, 5) is 19.1. The first-order valence-corrected chi connectivity index (χ1v) is 9.55. The van der Waals surface area contributed by atoms with Crippen molar-refractivity contribution in [3.05, 3.63) is 59.9 Å². The molecule has 0 spiro atoms. The van der Waals surface area contributed by atoms with Crippen LogP contribution in [0.25, 0.3) is 0 Å². The Hall–Kier alpha value is -3.27. The summed E-state index contributed by atoms with van der Waals surface area (Å²) < 4.78 is 0. The second-order valence-corrected chi connectivity index (χ2v) is 7.14. The van der Waals surface area contributed by atoms with E-state index in [-0.39, 0.29) is 17.4 Å². The van der Waals surface area contributed by atoms with E-state index in [2.05, 4.69) is 38.1 Å². The third-order valence-corrected chi connectivity index (χ3v) is 5.50. The Kier molecular flexibility index (Phi) is 6.33. The lowest BCUT2D eigenvalue weighted by Gasteiger charge is -2.41. The van der Waals surface area contributed by atoms with Gasteiger partial charge in [0.05, 0.1) is 0 Å². The molecule has 0 radical (unpaired) electrons. The average Bonchev–Trinajstić information content (AvgIpc) is 3.28. The molecule has 1 aliphatic rings. The average molecular weight is 378 g/mol. The zero-order chi connectivity index (χ0) is 19.8. The molecule has 0 aliphatic heterocycles. The molecular formula is C21H26N6O. The summed E-state index contributed by atoms with van der Waals surface area (Å²) in [5.74, 6) is 0.416. The number of nitriles is 1. The minimum atomic E-state index is -0.103. The van der Waals surface area contributed by atoms with E-state index in [1.54, 1.807) is 19.3 Å². The van der Waals surface area contributed by atoms with Crippen LogP contribution in [0, 0.1) is 11.5 Å². The van der Waals surface area contributed by atoms with Crippen molar-refractivity contribution in [2.24, 2.45) is 4.99 Å². The van der Waals surface area contributed by atoms with Gasteiger partial charge in [-0.25, -0.2) is 0 Å². The summed E-state index contributed by atoms with van der Waals surface area (Å²) in [6.07, 6.45) is 7.29. The van der Waals surface area contributed by atoms with Crippen molar-refractivity contribution in [3.8, 4) is 6.19 Å². The van der Waals surface area contributed by atoms with Gasteiger partial charge < -0.3 is 20.9 Å². The number of aromatic nitrogens is 1. The standard InChI is InChI=1S/C21H26N6O/c1-23-20(26-15-22)27-17-9-11-21(12-10-17,16-6-3-2-4-7-16)14-25-19(28)18-8-5-13-24-18/h2-8,13,17,24H,9-12,14H2,1H3,(H,25,28)(H2,23,26,27)/t17-,21-. The Balaban J connectivity index is 1.70. The second-order valence-electron chi connectivity index (χ2n) is 7.14. The topological polar surface area (TPSA) is 105 Å². The van der Waals surface area contributed by atoms with Gasteiger partial charge in [-0.05, 0) is 43.4 Å². The van der Waals surface area contributed by atoms with Gasteiger partial charge in [-0.1, -0.05) is 30.3 Å². The van der Waals surface area contributed by atoms with Gasteiger partial charge in [0, 0.05) is 31.2 Å². The fourth-order valence-corrected chi connectivity index (χ4v) is 3.89. The molecule has 1 saturated carbocycles. The highest BCUT2D eigenvalue weighted by atomic mass is 16.1. The number of aromatic amines is 1. The highest BCUT2D eigenvalue weighted by molar-refractivity contribution is 5.92. The zero-order valence-electron chi connectivity index (χ0n) is 16.0. The number of nitrogens with one attached hydrogen (secondary N) is 4. The molecule has 1 heterocycles. The number of nitrogens with zero attached hydrogens (tertiary/aromatic N) is 2. The van der Waals surface area contributed by atoms with Crippen molar-refractivity contribution < 1.29 is 4.79 Å². The molecule has 4 N–H and O–H groups in total. The normalized spacial score (nSPS) is 22.1. The number of hydrogen-bond acceptors (Lipinski definition) is 3. The van der Waals surface area contributed by atoms with Crippen LogP contribution >= 0.6 is 0 Å². The fourth-order valence-electron chi connectivity index (χ4n) is 3.89. The van der Waals surface area contributed by atoms with Crippen molar-refractivity contribution in [2.45, 2.75) is 37.1 Å². The smallest absolute Gasteiger partial charge is 0.267 e. The highest BCUT2D eigenvalue weighted by Gasteiger charge is 2.37. The number of carbonyl (C=O) groups excluding carboxylic acids is 1. The van der Waals surface area contributed by atoms with Crippen LogP contribution in [-0.2, 0) is 5.41 Å². The highest BCUT2D eigenvalue weighted by Crippen LogP contribution is 2.39. The van der Waals surface area contributed by atoms with Crippen molar-refractivity contribution in [1.82, 2.24) is 20.9 Å². The van der Waals surface area contributed by atoms with Gasteiger partial charge in [0.1, 0.15) is 5.69 Å². The van der Waals surface area contributed by atoms with E-state index >= 15 is 0 Å². The molecule has 1 fully saturated rings. The maximum atomic E-state index is 12.4. The van der Waals surface area contributed by atoms with Crippen LogP contribution in [0.2, 0.25) is 0 Å². The Morgan fingerprint density at radius 1 is 1.25 bits per heavy atom. The lowest BCUT2D eigenvalue weighted by atomic mass is 9.68. The van der Waals surface area contributed by atoms with Gasteiger partial charge in [0.25, 0.3) is 5.91 Å². The van der Waals surface area contributed by atoms with Gasteiger partial charge in [0.2, 0.25) is 12.2 Å². The van der Waals surface area contributed by atoms with Crippen LogP contribution in [0.1, 0.15) is 41.7 Å². The molecule has 0 atom stereocenters. The molecule has 3 rings (SSSR count). The summed E-state index contributed by atoms with van der Waals surface area (Å²) in [5.41, 5.74) is 1.72. The minimum absolute atomic E-state index is 0.0841. The number of carbonyl (C=O) groups is 1. The Morgan fingerprint density at radius 2 is 2.00 bits per heavy atom. The maximum absolute atomic E-state index is 12.4. The molecule has 1 aliphatic carbocycles. The Labute approximate surface area is 165 Å². The van der Waals surface area contributed by atoms with Crippen molar-refractivity contribution in [3.63, 3.8) is 0 Å². The van der Waals surface area contributed by atoms with Gasteiger partial charge >= 0.3 is 0 Å². The largest absolute Gasteiger partial charge is 0.359 e. The van der Waals surface area contributed by atoms with Crippen molar-refractivity contribution >= 4 is 11.9 Å². The predicted octanol–water partition coefficient (Wildman–Crippen LogP) is 2.27. The number of amides is 1. The molecule has 28 heavy (non-hydrogen) atoms. The van der Waals surface area contributed by atoms with E-state index in [0.29, 0.717) is 18.2 Å². The van der Waals surface area contributed by atoms with Crippen LogP contribution in [0.4, 0.5) is 0 Å². The van der Waals surface area contributed by atoms with E-state index in [4.69, 9.17) is 5.26 Å². The third-order valence-electron chi connectivity index (χ3n) is 5.50. The summed E-state index contributed by atoms with van der Waals surface area (Å²) in [5, 5.41) is 18.1. The summed E-state index contributed by atoms with van der Waals surface area (Å²) in [6.45, 7) is 0.590. The molecule has 1 amide bonds. The van der Waals surface area contributed by atoms with Crippen LogP contribution in [-0.4, -0.2) is 36.5 Å². The Morgan fingerprint density at radius 3 is 2.61 bits per heavy atom. The molecule has 0 saturated heterocycles. The summed E-state index contributed by atoms with van der Waals surface area (Å²) in [6, 6.07) is 14.2. The van der Waals surface area contributed by atoms with E-state index in [1.807, 2.05) is 30.5 Å². The molecule has 7 nitrogen and oxygen atoms in total. The molecule has 7 heteroatoms. The van der Waals surface area contributed by atoms with Crippen LogP contribution in [0.3, 0.4) is 0 Å². The third kappa shape index (κ3) is 4.52. The maximum Gasteiger partial charge on any atom is 0.267 e. The second kappa shape index (κ2) is 9.09. The molecule has 2 aromatic rings. The summed E-state index contributed by atoms with van der Waals surface area (Å²) >= 11 is 0. The number of aliphatic imine (C=N–C) groups is 1.